The van der Waals surface area contributed by atoms with Crippen molar-refractivity contribution < 1.29 is 14.3 Å². The summed E-state index contributed by atoms with van der Waals surface area (Å²) < 4.78 is 5.84. The van der Waals surface area contributed by atoms with Crippen molar-refractivity contribution in [3.63, 3.8) is 0 Å². The number of urea groups is 1. The molecule has 1 aromatic rings. The molecule has 132 valence electrons. The second-order valence-electron chi connectivity index (χ2n) is 6.53. The number of likely N-dealkylation sites (tertiary alicyclic amines) is 1. The van der Waals surface area contributed by atoms with Gasteiger partial charge in [0.1, 0.15) is 5.75 Å². The molecule has 1 atom stereocenters. The van der Waals surface area contributed by atoms with Crippen LogP contribution < -0.4 is 10.1 Å². The lowest BCUT2D eigenvalue weighted by Crippen LogP contribution is -2.47. The second-order valence-corrected chi connectivity index (χ2v) is 6.53. The summed E-state index contributed by atoms with van der Waals surface area (Å²) in [6.07, 6.45) is 2.02. The minimum atomic E-state index is -0.250. The first-order valence-corrected chi connectivity index (χ1v) is 8.38. The summed E-state index contributed by atoms with van der Waals surface area (Å²) in [5.74, 6) is 1.15. The maximum Gasteiger partial charge on any atom is 0.317 e. The summed E-state index contributed by atoms with van der Waals surface area (Å²) in [6.45, 7) is 4.13. The molecule has 0 aromatic heterocycles. The number of rotatable bonds is 5. The molecule has 0 bridgehead atoms. The van der Waals surface area contributed by atoms with Crippen LogP contribution in [0, 0.1) is 12.8 Å². The molecule has 0 aliphatic carbocycles. The molecule has 24 heavy (non-hydrogen) atoms. The van der Waals surface area contributed by atoms with E-state index in [9.17, 15) is 9.59 Å². The van der Waals surface area contributed by atoms with E-state index in [0.717, 1.165) is 25.1 Å². The second kappa shape index (κ2) is 8.57. The van der Waals surface area contributed by atoms with E-state index >= 15 is 0 Å². The van der Waals surface area contributed by atoms with Gasteiger partial charge in [-0.2, -0.15) is 0 Å². The van der Waals surface area contributed by atoms with Crippen molar-refractivity contribution in [2.24, 2.45) is 5.92 Å². The molecule has 0 spiro atoms. The predicted molar refractivity (Wildman–Crippen MR) is 93.1 cm³/mol. The smallest absolute Gasteiger partial charge is 0.317 e. The molecular formula is C18H27N3O3. The molecule has 6 heteroatoms. The van der Waals surface area contributed by atoms with Crippen LogP contribution in [0.4, 0.5) is 4.79 Å². The molecule has 0 radical (unpaired) electrons. The molecule has 0 unspecified atom stereocenters. The number of amides is 3. The standard InChI is InChI=1S/C18H27N3O3/c1-14-6-8-16(9-7-14)24-13-15-5-4-10-21(12-15)17(22)11-19-18(23)20(2)3/h6-9,15H,4-5,10-13H2,1-3H3,(H,19,23)/t15-/m1/s1. The zero-order valence-corrected chi connectivity index (χ0v) is 14.7. The van der Waals surface area contributed by atoms with Gasteiger partial charge < -0.3 is 19.9 Å². The van der Waals surface area contributed by atoms with E-state index < -0.39 is 0 Å². The third-order valence-electron chi connectivity index (χ3n) is 4.18. The average Bonchev–Trinajstić information content (AvgIpc) is 2.59. The molecule has 1 aliphatic rings. The number of hydrogen-bond acceptors (Lipinski definition) is 3. The molecule has 1 saturated heterocycles. The maximum absolute atomic E-state index is 12.2. The molecule has 3 amide bonds. The quantitative estimate of drug-likeness (QED) is 0.895. The van der Waals surface area contributed by atoms with E-state index in [1.807, 2.05) is 36.1 Å². The topological polar surface area (TPSA) is 61.9 Å². The number of ether oxygens (including phenoxy) is 1. The number of aryl methyl sites for hydroxylation is 1. The number of nitrogens with zero attached hydrogens (tertiary/aromatic N) is 2. The van der Waals surface area contributed by atoms with Crippen molar-refractivity contribution in [2.75, 3.05) is 40.3 Å². The lowest BCUT2D eigenvalue weighted by molar-refractivity contribution is -0.132. The monoisotopic (exact) mass is 333 g/mol. The number of carbonyl (C=O) groups is 2. The fourth-order valence-electron chi connectivity index (χ4n) is 2.70. The summed E-state index contributed by atoms with van der Waals surface area (Å²) in [5.41, 5.74) is 1.21. The van der Waals surface area contributed by atoms with Gasteiger partial charge in [-0.05, 0) is 31.9 Å². The van der Waals surface area contributed by atoms with Gasteiger partial charge in [-0.25, -0.2) is 4.79 Å². The zero-order chi connectivity index (χ0) is 17.5. The van der Waals surface area contributed by atoms with Crippen LogP contribution in [0.5, 0.6) is 5.75 Å². The molecule has 0 saturated carbocycles. The fourth-order valence-corrected chi connectivity index (χ4v) is 2.70. The van der Waals surface area contributed by atoms with E-state index in [2.05, 4.69) is 5.32 Å². The third kappa shape index (κ3) is 5.44. The largest absolute Gasteiger partial charge is 0.493 e. The Morgan fingerprint density at radius 1 is 1.29 bits per heavy atom. The van der Waals surface area contributed by atoms with E-state index in [1.54, 1.807) is 14.1 Å². The molecular weight excluding hydrogens is 306 g/mol. The van der Waals surface area contributed by atoms with Crippen LogP contribution >= 0.6 is 0 Å². The van der Waals surface area contributed by atoms with Crippen molar-refractivity contribution in [3.8, 4) is 5.75 Å². The van der Waals surface area contributed by atoms with E-state index in [0.29, 0.717) is 19.1 Å². The van der Waals surface area contributed by atoms with Gasteiger partial charge in [-0.1, -0.05) is 17.7 Å². The van der Waals surface area contributed by atoms with Gasteiger partial charge in [0.25, 0.3) is 0 Å². The molecule has 1 heterocycles. The summed E-state index contributed by atoms with van der Waals surface area (Å²) in [7, 11) is 3.30. The Kier molecular flexibility index (Phi) is 6.46. The molecule has 1 fully saturated rings. The third-order valence-corrected chi connectivity index (χ3v) is 4.18. The van der Waals surface area contributed by atoms with Crippen LogP contribution in [0.15, 0.2) is 24.3 Å². The Hall–Kier alpha value is -2.24. The van der Waals surface area contributed by atoms with Crippen molar-refractivity contribution in [2.45, 2.75) is 19.8 Å². The zero-order valence-electron chi connectivity index (χ0n) is 14.7. The molecule has 1 aliphatic heterocycles. The normalized spacial score (nSPS) is 17.3. The Morgan fingerprint density at radius 2 is 2.00 bits per heavy atom. The van der Waals surface area contributed by atoms with Crippen LogP contribution in [-0.4, -0.2) is 62.1 Å². The molecule has 2 rings (SSSR count). The maximum atomic E-state index is 12.2. The number of benzene rings is 1. The number of nitrogens with one attached hydrogen (secondary N) is 1. The van der Waals surface area contributed by atoms with Crippen molar-refractivity contribution in [1.29, 1.82) is 0 Å². The first kappa shape index (κ1) is 18.1. The van der Waals surface area contributed by atoms with Gasteiger partial charge in [0, 0.05) is 33.1 Å². The average molecular weight is 333 g/mol. The van der Waals surface area contributed by atoms with Crippen molar-refractivity contribution in [1.82, 2.24) is 15.1 Å². The van der Waals surface area contributed by atoms with Gasteiger partial charge in [0.05, 0.1) is 13.2 Å². The van der Waals surface area contributed by atoms with Crippen LogP contribution in [0.2, 0.25) is 0 Å². The highest BCUT2D eigenvalue weighted by molar-refractivity contribution is 5.83. The Labute approximate surface area is 143 Å². The SMILES string of the molecule is Cc1ccc(OC[C@@H]2CCCN(C(=O)CNC(=O)N(C)C)C2)cc1. The Morgan fingerprint density at radius 3 is 2.67 bits per heavy atom. The minimum Gasteiger partial charge on any atom is -0.493 e. The summed E-state index contributed by atoms with van der Waals surface area (Å²) in [6, 6.07) is 7.74. The highest BCUT2D eigenvalue weighted by Gasteiger charge is 2.24. The fraction of sp³-hybridized carbons (Fsp3) is 0.556. The van der Waals surface area contributed by atoms with E-state index in [-0.39, 0.29) is 18.5 Å². The Bertz CT molecular complexity index is 557. The molecule has 1 aromatic carbocycles. The van der Waals surface area contributed by atoms with Crippen LogP contribution in [0.25, 0.3) is 0 Å². The van der Waals surface area contributed by atoms with Crippen molar-refractivity contribution >= 4 is 11.9 Å². The van der Waals surface area contributed by atoms with Crippen molar-refractivity contribution in [3.05, 3.63) is 29.8 Å². The van der Waals surface area contributed by atoms with Gasteiger partial charge in [-0.3, -0.25) is 4.79 Å². The predicted octanol–water partition coefficient (Wildman–Crippen LogP) is 1.88. The molecule has 1 N–H and O–H groups in total. The van der Waals surface area contributed by atoms with Gasteiger partial charge >= 0.3 is 6.03 Å². The summed E-state index contributed by atoms with van der Waals surface area (Å²) in [5, 5.41) is 2.62. The number of hydrogen-bond donors (Lipinski definition) is 1. The minimum absolute atomic E-state index is 0.0368. The van der Waals surface area contributed by atoms with Crippen LogP contribution in [-0.2, 0) is 4.79 Å². The lowest BCUT2D eigenvalue weighted by atomic mass is 9.99. The van der Waals surface area contributed by atoms with E-state index in [1.165, 1.54) is 10.5 Å². The summed E-state index contributed by atoms with van der Waals surface area (Å²) in [4.78, 5) is 27.0. The van der Waals surface area contributed by atoms with Gasteiger partial charge in [-0.15, -0.1) is 0 Å². The molecule has 6 nitrogen and oxygen atoms in total. The Balaban J connectivity index is 1.77. The first-order chi connectivity index (χ1) is 11.5. The van der Waals surface area contributed by atoms with Gasteiger partial charge in [0.15, 0.2) is 0 Å². The highest BCUT2D eigenvalue weighted by Crippen LogP contribution is 2.19. The number of carbonyl (C=O) groups excluding carboxylic acids is 2. The van der Waals surface area contributed by atoms with Crippen LogP contribution in [0.1, 0.15) is 18.4 Å². The first-order valence-electron chi connectivity index (χ1n) is 8.38. The number of piperidine rings is 1. The summed E-state index contributed by atoms with van der Waals surface area (Å²) >= 11 is 0. The van der Waals surface area contributed by atoms with Crippen LogP contribution in [0.3, 0.4) is 0 Å². The highest BCUT2D eigenvalue weighted by atomic mass is 16.5. The van der Waals surface area contributed by atoms with Gasteiger partial charge in [0.2, 0.25) is 5.91 Å². The van der Waals surface area contributed by atoms with E-state index in [4.69, 9.17) is 4.74 Å². The lowest BCUT2D eigenvalue weighted by Gasteiger charge is -2.32.